The maximum absolute atomic E-state index is 12.8. The summed E-state index contributed by atoms with van der Waals surface area (Å²) in [5.41, 5.74) is 5.76. The average Bonchev–Trinajstić information content (AvgIpc) is 3.58. The van der Waals surface area contributed by atoms with Gasteiger partial charge in [-0.3, -0.25) is 9.78 Å². The highest BCUT2D eigenvalue weighted by molar-refractivity contribution is 6.06. The summed E-state index contributed by atoms with van der Waals surface area (Å²) in [5, 5.41) is 4.93. The first-order chi connectivity index (χ1) is 13.7. The van der Waals surface area contributed by atoms with Gasteiger partial charge in [-0.15, -0.1) is 0 Å². The van der Waals surface area contributed by atoms with Gasteiger partial charge in [0.25, 0.3) is 5.91 Å². The lowest BCUT2D eigenvalue weighted by molar-refractivity contribution is 0.0956. The lowest BCUT2D eigenvalue weighted by atomic mass is 10.1. The van der Waals surface area contributed by atoms with Gasteiger partial charge in [-0.05, 0) is 37.1 Å². The third-order valence-electron chi connectivity index (χ3n) is 4.79. The monoisotopic (exact) mass is 375 g/mol. The molecular weight excluding hydrogens is 354 g/mol. The van der Waals surface area contributed by atoms with Gasteiger partial charge >= 0.3 is 0 Å². The maximum Gasteiger partial charge on any atom is 0.272 e. The van der Waals surface area contributed by atoms with Gasteiger partial charge in [0.05, 0.1) is 31.5 Å². The number of hydrogen-bond donors (Lipinski definition) is 1. The molecule has 0 atom stereocenters. The van der Waals surface area contributed by atoms with Gasteiger partial charge in [-0.2, -0.15) is 5.10 Å². The van der Waals surface area contributed by atoms with Crippen molar-refractivity contribution < 1.29 is 14.3 Å². The number of para-hydroxylation sites is 1. The van der Waals surface area contributed by atoms with E-state index in [1.54, 1.807) is 26.5 Å². The molecule has 28 heavy (non-hydrogen) atoms. The van der Waals surface area contributed by atoms with Crippen LogP contribution in [0.5, 0.6) is 11.5 Å². The van der Waals surface area contributed by atoms with E-state index >= 15 is 0 Å². The summed E-state index contributed by atoms with van der Waals surface area (Å²) >= 11 is 0. The Bertz CT molecular complexity index is 1060. The molecule has 1 aromatic heterocycles. The number of hydrogen-bond acceptors (Lipinski definition) is 5. The molecule has 6 nitrogen and oxygen atoms in total. The standard InChI is InChI=1S/C22H21N3O3/c1-27-16-10-9-15(21(11-16)28-2)13-23-25-22(26)18-12-20(14-7-8-14)24-19-6-4-3-5-17(18)19/h3-6,9-14H,7-8H2,1-2H3,(H,25,26)/b23-13-. The summed E-state index contributed by atoms with van der Waals surface area (Å²) < 4.78 is 10.5. The van der Waals surface area contributed by atoms with Crippen LogP contribution in [0.25, 0.3) is 10.9 Å². The van der Waals surface area contributed by atoms with E-state index in [0.29, 0.717) is 23.0 Å². The number of ether oxygens (including phenoxy) is 2. The minimum absolute atomic E-state index is 0.260. The van der Waals surface area contributed by atoms with Crippen LogP contribution in [0.3, 0.4) is 0 Å². The van der Waals surface area contributed by atoms with Crippen molar-refractivity contribution >= 4 is 23.0 Å². The molecular formula is C22H21N3O3. The first kappa shape index (κ1) is 18.0. The zero-order chi connectivity index (χ0) is 19.5. The fourth-order valence-electron chi connectivity index (χ4n) is 3.12. The van der Waals surface area contributed by atoms with Crippen molar-refractivity contribution in [3.63, 3.8) is 0 Å². The van der Waals surface area contributed by atoms with E-state index in [0.717, 1.165) is 35.0 Å². The second-order valence-corrected chi connectivity index (χ2v) is 6.69. The van der Waals surface area contributed by atoms with Crippen LogP contribution in [0.4, 0.5) is 0 Å². The van der Waals surface area contributed by atoms with Crippen LogP contribution >= 0.6 is 0 Å². The molecule has 1 N–H and O–H groups in total. The molecule has 1 saturated carbocycles. The molecule has 3 aromatic rings. The van der Waals surface area contributed by atoms with E-state index in [9.17, 15) is 4.79 Å². The number of methoxy groups -OCH3 is 2. The van der Waals surface area contributed by atoms with Crippen LogP contribution in [-0.4, -0.2) is 31.3 Å². The Labute approximate surface area is 163 Å². The molecule has 1 aliphatic rings. The molecule has 0 unspecified atom stereocenters. The normalized spacial score (nSPS) is 13.6. The van der Waals surface area contributed by atoms with E-state index < -0.39 is 0 Å². The Morgan fingerprint density at radius 2 is 1.96 bits per heavy atom. The van der Waals surface area contributed by atoms with E-state index in [1.165, 1.54) is 0 Å². The molecule has 6 heteroatoms. The highest BCUT2D eigenvalue weighted by Crippen LogP contribution is 2.40. The predicted molar refractivity (Wildman–Crippen MR) is 108 cm³/mol. The van der Waals surface area contributed by atoms with Crippen molar-refractivity contribution in [3.8, 4) is 11.5 Å². The van der Waals surface area contributed by atoms with Crippen molar-refractivity contribution in [1.29, 1.82) is 0 Å². The topological polar surface area (TPSA) is 72.8 Å². The number of aromatic nitrogens is 1. The molecule has 1 heterocycles. The summed E-state index contributed by atoms with van der Waals surface area (Å²) in [6.45, 7) is 0. The Hall–Kier alpha value is -3.41. The van der Waals surface area contributed by atoms with Gasteiger partial charge in [0.15, 0.2) is 0 Å². The lowest BCUT2D eigenvalue weighted by Gasteiger charge is -2.09. The minimum Gasteiger partial charge on any atom is -0.497 e. The number of hydrazone groups is 1. The molecule has 0 bridgehead atoms. The summed E-state index contributed by atoms with van der Waals surface area (Å²) in [4.78, 5) is 17.5. The van der Waals surface area contributed by atoms with Crippen LogP contribution in [0.1, 0.15) is 40.4 Å². The molecule has 1 aliphatic carbocycles. The third kappa shape index (κ3) is 3.67. The average molecular weight is 375 g/mol. The molecule has 1 amide bonds. The first-order valence-corrected chi connectivity index (χ1v) is 9.14. The van der Waals surface area contributed by atoms with Gasteiger partial charge in [0, 0.05) is 28.6 Å². The second-order valence-electron chi connectivity index (χ2n) is 6.69. The minimum atomic E-state index is -0.260. The maximum atomic E-state index is 12.8. The molecule has 0 saturated heterocycles. The van der Waals surface area contributed by atoms with Gasteiger partial charge in [0.1, 0.15) is 11.5 Å². The number of nitrogens with one attached hydrogen (secondary N) is 1. The fourth-order valence-corrected chi connectivity index (χ4v) is 3.12. The highest BCUT2D eigenvalue weighted by atomic mass is 16.5. The largest absolute Gasteiger partial charge is 0.497 e. The van der Waals surface area contributed by atoms with Crippen LogP contribution < -0.4 is 14.9 Å². The van der Waals surface area contributed by atoms with Crippen LogP contribution in [0, 0.1) is 0 Å². The molecule has 4 rings (SSSR count). The van der Waals surface area contributed by atoms with Crippen molar-refractivity contribution in [2.45, 2.75) is 18.8 Å². The second kappa shape index (κ2) is 7.68. The van der Waals surface area contributed by atoms with Crippen LogP contribution in [0.2, 0.25) is 0 Å². The van der Waals surface area contributed by atoms with Crippen molar-refractivity contribution in [2.24, 2.45) is 5.10 Å². The number of nitrogens with zero attached hydrogens (tertiary/aromatic N) is 2. The Balaban J connectivity index is 1.58. The molecule has 142 valence electrons. The van der Waals surface area contributed by atoms with Gasteiger partial charge < -0.3 is 9.47 Å². The van der Waals surface area contributed by atoms with E-state index in [1.807, 2.05) is 42.5 Å². The number of benzene rings is 2. The number of carbonyl (C=O) groups excluding carboxylic acids is 1. The SMILES string of the molecule is COc1ccc(/C=N\NC(=O)c2cc(C3CC3)nc3ccccc23)c(OC)c1. The number of fused-ring (bicyclic) bond motifs is 1. The Kier molecular flexibility index (Phi) is 4.93. The number of rotatable bonds is 6. The van der Waals surface area contributed by atoms with Gasteiger partial charge in [-0.1, -0.05) is 18.2 Å². The van der Waals surface area contributed by atoms with Gasteiger partial charge in [0.2, 0.25) is 0 Å². The number of carbonyl (C=O) groups is 1. The van der Waals surface area contributed by atoms with Crippen molar-refractivity contribution in [3.05, 3.63) is 65.4 Å². The zero-order valence-corrected chi connectivity index (χ0v) is 15.8. The molecule has 0 spiro atoms. The fraction of sp³-hybridized carbons (Fsp3) is 0.227. The molecule has 2 aromatic carbocycles. The smallest absolute Gasteiger partial charge is 0.272 e. The predicted octanol–water partition coefficient (Wildman–Crippen LogP) is 3.89. The molecule has 0 aliphatic heterocycles. The quantitative estimate of drug-likeness (QED) is 0.524. The highest BCUT2D eigenvalue weighted by Gasteiger charge is 2.26. The summed E-state index contributed by atoms with van der Waals surface area (Å²) in [6, 6.07) is 15.0. The summed E-state index contributed by atoms with van der Waals surface area (Å²) in [5.74, 6) is 1.50. The Morgan fingerprint density at radius 1 is 1.14 bits per heavy atom. The van der Waals surface area contributed by atoms with E-state index in [4.69, 9.17) is 14.5 Å². The number of amides is 1. The third-order valence-corrected chi connectivity index (χ3v) is 4.79. The molecule has 0 radical (unpaired) electrons. The zero-order valence-electron chi connectivity index (χ0n) is 15.8. The van der Waals surface area contributed by atoms with E-state index in [-0.39, 0.29) is 5.91 Å². The van der Waals surface area contributed by atoms with Crippen molar-refractivity contribution in [1.82, 2.24) is 10.4 Å². The summed E-state index contributed by atoms with van der Waals surface area (Å²) in [7, 11) is 3.17. The Morgan fingerprint density at radius 3 is 2.71 bits per heavy atom. The van der Waals surface area contributed by atoms with Crippen molar-refractivity contribution in [2.75, 3.05) is 14.2 Å². The molecule has 1 fully saturated rings. The lowest BCUT2D eigenvalue weighted by Crippen LogP contribution is -2.18. The van der Waals surface area contributed by atoms with Crippen LogP contribution in [-0.2, 0) is 0 Å². The first-order valence-electron chi connectivity index (χ1n) is 9.14. The summed E-state index contributed by atoms with van der Waals surface area (Å²) in [6.07, 6.45) is 3.81. The van der Waals surface area contributed by atoms with Gasteiger partial charge in [-0.25, -0.2) is 5.43 Å². The van der Waals surface area contributed by atoms with E-state index in [2.05, 4.69) is 10.5 Å². The number of pyridine rings is 1. The van der Waals surface area contributed by atoms with Crippen LogP contribution in [0.15, 0.2) is 53.6 Å².